The average Bonchev–Trinajstić information content (AvgIpc) is 2.48. The van der Waals surface area contributed by atoms with Crippen LogP contribution in [0.2, 0.25) is 0 Å². The molecule has 1 aromatic rings. The summed E-state index contributed by atoms with van der Waals surface area (Å²) in [6.07, 6.45) is 0.454. The normalized spacial score (nSPS) is 10.5. The highest BCUT2D eigenvalue weighted by Gasteiger charge is 2.07. The van der Waals surface area contributed by atoms with Crippen LogP contribution in [-0.4, -0.2) is 22.9 Å². The first kappa shape index (κ1) is 12.8. The van der Waals surface area contributed by atoms with Gasteiger partial charge in [-0.05, 0) is 32.3 Å². The number of rotatable bonds is 5. The van der Waals surface area contributed by atoms with Crippen LogP contribution in [0.25, 0.3) is 0 Å². The molecule has 1 aromatic heterocycles. The molecule has 0 aliphatic carbocycles. The predicted octanol–water partition coefficient (Wildman–Crippen LogP) is 1.36. The van der Waals surface area contributed by atoms with Gasteiger partial charge in [-0.25, -0.2) is 0 Å². The van der Waals surface area contributed by atoms with E-state index >= 15 is 0 Å². The molecular weight excluding hydrogens is 224 g/mol. The molecule has 6 heteroatoms. The fraction of sp³-hybridized carbons (Fsp3) is 0.600. The lowest BCUT2D eigenvalue weighted by Gasteiger charge is -2.08. The fourth-order valence-corrected chi connectivity index (χ4v) is 1.93. The number of nitrogens with one attached hydrogen (secondary N) is 2. The number of anilines is 2. The molecule has 1 heterocycles. The summed E-state index contributed by atoms with van der Waals surface area (Å²) in [5.41, 5.74) is 6.57. The molecule has 4 N–H and O–H groups in total. The Hall–Kier alpha value is -1.30. The summed E-state index contributed by atoms with van der Waals surface area (Å²) in [4.78, 5) is 11.3. The fourth-order valence-electron chi connectivity index (χ4n) is 1.20. The van der Waals surface area contributed by atoms with Gasteiger partial charge in [-0.15, -0.1) is 0 Å². The number of hydrogen-bond donors (Lipinski definition) is 3. The SMILES string of the molecule is Cc1c(N)nsc1NCCC(=O)NC(C)C. The highest BCUT2D eigenvalue weighted by Crippen LogP contribution is 2.24. The van der Waals surface area contributed by atoms with E-state index in [0.717, 1.165) is 10.6 Å². The van der Waals surface area contributed by atoms with Crippen LogP contribution in [0, 0.1) is 6.92 Å². The molecule has 5 nitrogen and oxygen atoms in total. The summed E-state index contributed by atoms with van der Waals surface area (Å²) in [6.45, 7) is 6.40. The van der Waals surface area contributed by atoms with Gasteiger partial charge in [0.1, 0.15) is 10.8 Å². The summed E-state index contributed by atoms with van der Waals surface area (Å²) in [6, 6.07) is 0.188. The van der Waals surface area contributed by atoms with Crippen molar-refractivity contribution in [1.82, 2.24) is 9.69 Å². The first-order valence-corrected chi connectivity index (χ1v) is 6.03. The monoisotopic (exact) mass is 242 g/mol. The minimum absolute atomic E-state index is 0.0534. The van der Waals surface area contributed by atoms with Gasteiger partial charge in [-0.1, -0.05) is 0 Å². The summed E-state index contributed by atoms with van der Waals surface area (Å²) in [5.74, 6) is 0.608. The number of amides is 1. The summed E-state index contributed by atoms with van der Waals surface area (Å²) >= 11 is 1.32. The van der Waals surface area contributed by atoms with E-state index in [-0.39, 0.29) is 11.9 Å². The molecule has 0 radical (unpaired) electrons. The maximum Gasteiger partial charge on any atom is 0.221 e. The third kappa shape index (κ3) is 3.69. The Morgan fingerprint density at radius 2 is 2.25 bits per heavy atom. The van der Waals surface area contributed by atoms with E-state index in [1.165, 1.54) is 11.5 Å². The molecular formula is C10H18N4OS. The largest absolute Gasteiger partial charge is 0.383 e. The molecule has 0 aliphatic rings. The van der Waals surface area contributed by atoms with E-state index in [9.17, 15) is 4.79 Å². The van der Waals surface area contributed by atoms with E-state index in [0.29, 0.717) is 18.8 Å². The van der Waals surface area contributed by atoms with E-state index in [4.69, 9.17) is 5.73 Å². The summed E-state index contributed by atoms with van der Waals surface area (Å²) in [5, 5.41) is 6.93. The maximum atomic E-state index is 11.3. The Labute approximate surface area is 99.6 Å². The number of aromatic nitrogens is 1. The minimum atomic E-state index is 0.0534. The van der Waals surface area contributed by atoms with Gasteiger partial charge in [-0.2, -0.15) is 4.37 Å². The van der Waals surface area contributed by atoms with Gasteiger partial charge in [0.2, 0.25) is 5.91 Å². The van der Waals surface area contributed by atoms with E-state index in [1.54, 1.807) is 0 Å². The number of nitrogen functional groups attached to an aromatic ring is 1. The van der Waals surface area contributed by atoms with Gasteiger partial charge in [-0.3, -0.25) is 4.79 Å². The van der Waals surface area contributed by atoms with E-state index < -0.39 is 0 Å². The van der Waals surface area contributed by atoms with E-state index in [2.05, 4.69) is 15.0 Å². The van der Waals surface area contributed by atoms with E-state index in [1.807, 2.05) is 20.8 Å². The first-order valence-electron chi connectivity index (χ1n) is 5.25. The number of nitrogens with two attached hydrogens (primary N) is 1. The van der Waals surface area contributed by atoms with Gasteiger partial charge in [0.15, 0.2) is 0 Å². The standard InChI is InChI=1S/C10H18N4OS/c1-6(2)13-8(15)4-5-12-10-7(3)9(11)14-16-10/h6,12H,4-5H2,1-3H3,(H2,11,14)(H,13,15). The lowest BCUT2D eigenvalue weighted by atomic mass is 10.3. The molecule has 1 rings (SSSR count). The van der Waals surface area contributed by atoms with Crippen LogP contribution in [0.5, 0.6) is 0 Å². The zero-order valence-corrected chi connectivity index (χ0v) is 10.6. The number of carbonyl (C=O) groups excluding carboxylic acids is 1. The summed E-state index contributed by atoms with van der Waals surface area (Å²) in [7, 11) is 0. The molecule has 0 bridgehead atoms. The first-order chi connectivity index (χ1) is 7.50. The third-order valence-electron chi connectivity index (χ3n) is 2.05. The van der Waals surface area contributed by atoms with Crippen molar-refractivity contribution in [2.75, 3.05) is 17.6 Å². The smallest absolute Gasteiger partial charge is 0.221 e. The maximum absolute atomic E-state index is 11.3. The van der Waals surface area contributed by atoms with Crippen LogP contribution in [0.3, 0.4) is 0 Å². The van der Waals surface area contributed by atoms with Crippen molar-refractivity contribution in [3.8, 4) is 0 Å². The second kappa shape index (κ2) is 5.69. The molecule has 0 spiro atoms. The van der Waals surface area contributed by atoms with Crippen molar-refractivity contribution in [3.63, 3.8) is 0 Å². The van der Waals surface area contributed by atoms with Crippen LogP contribution < -0.4 is 16.4 Å². The number of carbonyl (C=O) groups is 1. The van der Waals surface area contributed by atoms with Crippen LogP contribution in [0.4, 0.5) is 10.8 Å². The van der Waals surface area contributed by atoms with Crippen molar-refractivity contribution >= 4 is 28.3 Å². The Bertz CT molecular complexity index is 362. The second-order valence-electron chi connectivity index (χ2n) is 3.92. The third-order valence-corrected chi connectivity index (χ3v) is 2.97. The number of hydrogen-bond acceptors (Lipinski definition) is 5. The Morgan fingerprint density at radius 1 is 1.56 bits per heavy atom. The summed E-state index contributed by atoms with van der Waals surface area (Å²) < 4.78 is 4.02. The molecule has 0 aliphatic heterocycles. The predicted molar refractivity (Wildman–Crippen MR) is 67.6 cm³/mol. The molecule has 16 heavy (non-hydrogen) atoms. The molecule has 0 fully saturated rings. The van der Waals surface area contributed by atoms with Crippen LogP contribution in [0.15, 0.2) is 0 Å². The Morgan fingerprint density at radius 3 is 2.75 bits per heavy atom. The van der Waals surface area contributed by atoms with Crippen molar-refractivity contribution in [2.24, 2.45) is 0 Å². The average molecular weight is 242 g/mol. The Kier molecular flexibility index (Phi) is 4.54. The van der Waals surface area contributed by atoms with Gasteiger partial charge in [0, 0.05) is 24.6 Å². The van der Waals surface area contributed by atoms with Crippen LogP contribution >= 0.6 is 11.5 Å². The topological polar surface area (TPSA) is 80.0 Å². The zero-order chi connectivity index (χ0) is 12.1. The molecule has 1 amide bonds. The molecule has 0 saturated heterocycles. The van der Waals surface area contributed by atoms with Crippen LogP contribution in [-0.2, 0) is 4.79 Å². The van der Waals surface area contributed by atoms with Gasteiger partial charge in [0.25, 0.3) is 0 Å². The second-order valence-corrected chi connectivity index (χ2v) is 4.69. The van der Waals surface area contributed by atoms with Gasteiger partial charge >= 0.3 is 0 Å². The molecule has 0 saturated carbocycles. The number of nitrogens with zero attached hydrogens (tertiary/aromatic N) is 1. The lowest BCUT2D eigenvalue weighted by Crippen LogP contribution is -2.31. The van der Waals surface area contributed by atoms with Crippen molar-refractivity contribution < 1.29 is 4.79 Å². The highest BCUT2D eigenvalue weighted by molar-refractivity contribution is 7.10. The molecule has 0 unspecified atom stereocenters. The van der Waals surface area contributed by atoms with Gasteiger partial charge < -0.3 is 16.4 Å². The van der Waals surface area contributed by atoms with Crippen molar-refractivity contribution in [1.29, 1.82) is 0 Å². The quantitative estimate of drug-likeness (QED) is 0.728. The highest BCUT2D eigenvalue weighted by atomic mass is 32.1. The Balaban J connectivity index is 2.31. The van der Waals surface area contributed by atoms with Crippen LogP contribution in [0.1, 0.15) is 25.8 Å². The van der Waals surface area contributed by atoms with Crippen molar-refractivity contribution in [3.05, 3.63) is 5.56 Å². The molecule has 0 atom stereocenters. The lowest BCUT2D eigenvalue weighted by molar-refractivity contribution is -0.121. The minimum Gasteiger partial charge on any atom is -0.383 e. The molecule has 0 aromatic carbocycles. The van der Waals surface area contributed by atoms with Gasteiger partial charge in [0.05, 0.1) is 0 Å². The van der Waals surface area contributed by atoms with Crippen molar-refractivity contribution in [2.45, 2.75) is 33.2 Å². The zero-order valence-electron chi connectivity index (χ0n) is 9.83. The molecule has 90 valence electrons.